The molecule has 0 unspecified atom stereocenters. The van der Waals surface area contributed by atoms with Gasteiger partial charge in [0.1, 0.15) is 0 Å². The number of nitrogens with one attached hydrogen (secondary N) is 2. The molecule has 1 aliphatic carbocycles. The second kappa shape index (κ2) is 12.2. The molecule has 0 aromatic heterocycles. The number of rotatable bonds is 8. The molecule has 2 heterocycles. The van der Waals surface area contributed by atoms with Crippen molar-refractivity contribution in [2.45, 2.75) is 68.8 Å². The Morgan fingerprint density at radius 2 is 1.82 bits per heavy atom. The maximum Gasteiger partial charge on any atom is 0.243 e. The van der Waals surface area contributed by atoms with Gasteiger partial charge in [0.25, 0.3) is 0 Å². The van der Waals surface area contributed by atoms with Gasteiger partial charge in [-0.1, -0.05) is 48.9 Å². The molecule has 2 aliphatic heterocycles. The fraction of sp³-hybridized carbons (Fsp3) is 0.484. The number of amides is 2. The van der Waals surface area contributed by atoms with Crippen molar-refractivity contribution in [3.8, 4) is 0 Å². The van der Waals surface area contributed by atoms with Gasteiger partial charge < -0.3 is 10.6 Å². The number of hydrogen-bond donors (Lipinski definition) is 2. The van der Waals surface area contributed by atoms with Crippen LogP contribution in [0.25, 0.3) is 5.57 Å². The van der Waals surface area contributed by atoms with Crippen LogP contribution in [0.2, 0.25) is 0 Å². The van der Waals surface area contributed by atoms with Crippen LogP contribution in [0.1, 0.15) is 66.8 Å². The number of sulfonamides is 1. The van der Waals surface area contributed by atoms with Crippen LogP contribution in [0, 0.1) is 6.92 Å². The van der Waals surface area contributed by atoms with Crippen LogP contribution in [0.3, 0.4) is 0 Å². The molecule has 2 saturated heterocycles. The zero-order valence-electron chi connectivity index (χ0n) is 23.3. The molecule has 40 heavy (non-hydrogen) atoms. The van der Waals surface area contributed by atoms with Crippen molar-refractivity contribution < 1.29 is 18.0 Å². The number of benzene rings is 2. The number of piperidine rings is 1. The van der Waals surface area contributed by atoms with Crippen molar-refractivity contribution in [1.29, 1.82) is 0 Å². The Labute approximate surface area is 237 Å². The number of aryl methyl sites for hydroxylation is 2. The third-order valence-electron chi connectivity index (χ3n) is 8.35. The summed E-state index contributed by atoms with van der Waals surface area (Å²) in [5.41, 5.74) is 5.59. The molecule has 9 heteroatoms. The Hall–Kier alpha value is -3.01. The number of piperazine rings is 1. The monoisotopic (exact) mass is 564 g/mol. The lowest BCUT2D eigenvalue weighted by molar-refractivity contribution is -0.127. The Morgan fingerprint density at radius 1 is 1.07 bits per heavy atom. The summed E-state index contributed by atoms with van der Waals surface area (Å²) in [6.07, 6.45) is 6.55. The maximum absolute atomic E-state index is 13.4. The second-order valence-corrected chi connectivity index (χ2v) is 13.3. The molecule has 2 amide bonds. The summed E-state index contributed by atoms with van der Waals surface area (Å²) in [6.45, 7) is 9.19. The smallest absolute Gasteiger partial charge is 0.243 e. The van der Waals surface area contributed by atoms with Crippen molar-refractivity contribution >= 4 is 27.4 Å². The van der Waals surface area contributed by atoms with Gasteiger partial charge >= 0.3 is 0 Å². The predicted octanol–water partition coefficient (Wildman–Crippen LogP) is 3.57. The van der Waals surface area contributed by atoms with Gasteiger partial charge in [-0.25, -0.2) is 8.42 Å². The van der Waals surface area contributed by atoms with E-state index in [0.29, 0.717) is 0 Å². The van der Waals surface area contributed by atoms with Crippen molar-refractivity contribution in [1.82, 2.24) is 19.8 Å². The van der Waals surface area contributed by atoms with Crippen LogP contribution >= 0.6 is 0 Å². The van der Waals surface area contributed by atoms with Crippen LogP contribution in [-0.2, 0) is 26.0 Å². The zero-order chi connectivity index (χ0) is 28.3. The summed E-state index contributed by atoms with van der Waals surface area (Å²) < 4.78 is 28.0. The van der Waals surface area contributed by atoms with E-state index in [9.17, 15) is 18.0 Å². The van der Waals surface area contributed by atoms with E-state index >= 15 is 0 Å². The first-order chi connectivity index (χ1) is 19.2. The number of likely N-dealkylation sites (tertiary alicyclic amines) is 1. The van der Waals surface area contributed by atoms with Crippen LogP contribution in [-0.4, -0.2) is 68.2 Å². The van der Waals surface area contributed by atoms with E-state index < -0.39 is 16.1 Å². The number of hydrogen-bond acceptors (Lipinski definition) is 5. The minimum absolute atomic E-state index is 0.0259. The number of carbonyl (C=O) groups excluding carboxylic acids is 2. The normalized spacial score (nSPS) is 22.3. The molecule has 0 saturated carbocycles. The highest BCUT2D eigenvalue weighted by Crippen LogP contribution is 2.32. The molecular weight excluding hydrogens is 524 g/mol. The molecule has 2 N–H and O–H groups in total. The molecule has 0 spiro atoms. The highest BCUT2D eigenvalue weighted by Gasteiger charge is 2.38. The minimum atomic E-state index is -3.93. The van der Waals surface area contributed by atoms with Gasteiger partial charge in [-0.3, -0.25) is 14.5 Å². The minimum Gasteiger partial charge on any atom is -0.353 e. The summed E-state index contributed by atoms with van der Waals surface area (Å²) in [5.74, 6) is -0.590. The van der Waals surface area contributed by atoms with E-state index in [1.54, 1.807) is 24.3 Å². The molecule has 8 nitrogen and oxygen atoms in total. The molecule has 5 rings (SSSR count). The SMILES string of the molecule is C=C(CN1CCCCC1)c1ccc2c(c1)CCC[C@H]2NC(=O)C[C@@H]1CNC(=O)CN1S(=O)(=O)c1ccc(C)cc1. The van der Waals surface area contributed by atoms with E-state index in [1.165, 1.54) is 29.1 Å². The Kier molecular flexibility index (Phi) is 8.73. The third kappa shape index (κ3) is 6.48. The zero-order valence-corrected chi connectivity index (χ0v) is 24.1. The molecule has 0 radical (unpaired) electrons. The quantitative estimate of drug-likeness (QED) is 0.511. The lowest BCUT2D eigenvalue weighted by atomic mass is 9.85. The van der Waals surface area contributed by atoms with Crippen molar-refractivity contribution in [3.05, 3.63) is 71.3 Å². The Bertz CT molecular complexity index is 1370. The highest BCUT2D eigenvalue weighted by molar-refractivity contribution is 7.89. The van der Waals surface area contributed by atoms with E-state index in [0.717, 1.165) is 61.2 Å². The van der Waals surface area contributed by atoms with E-state index in [2.05, 4.69) is 40.3 Å². The predicted molar refractivity (Wildman–Crippen MR) is 156 cm³/mol. The van der Waals surface area contributed by atoms with E-state index in [4.69, 9.17) is 0 Å². The van der Waals surface area contributed by atoms with Crippen LogP contribution < -0.4 is 10.6 Å². The molecule has 2 fully saturated rings. The van der Waals surface area contributed by atoms with Crippen molar-refractivity contribution in [3.63, 3.8) is 0 Å². The highest BCUT2D eigenvalue weighted by atomic mass is 32.2. The Morgan fingerprint density at radius 3 is 2.58 bits per heavy atom. The molecule has 0 bridgehead atoms. The van der Waals surface area contributed by atoms with Gasteiger partial charge in [-0.2, -0.15) is 4.31 Å². The third-order valence-corrected chi connectivity index (χ3v) is 10.3. The second-order valence-electron chi connectivity index (χ2n) is 11.4. The number of carbonyl (C=O) groups is 2. The fourth-order valence-electron chi connectivity index (χ4n) is 6.09. The standard InChI is InChI=1S/C31H40N4O4S/c1-22-9-12-27(13-10-22)40(38,39)35-21-31(37)32-19-26(35)18-30(36)33-29-8-6-7-25-17-24(11-14-28(25)29)23(2)20-34-15-4-3-5-16-34/h9-14,17,26,29H,2-8,15-16,18-21H2,1H3,(H,32,37)(H,33,36)/t26-,29-/m1/s1. The van der Waals surface area contributed by atoms with Gasteiger partial charge in [0.15, 0.2) is 0 Å². The van der Waals surface area contributed by atoms with Crippen LogP contribution in [0.15, 0.2) is 53.9 Å². The first kappa shape index (κ1) is 28.5. The largest absolute Gasteiger partial charge is 0.353 e. The first-order valence-corrected chi connectivity index (χ1v) is 15.8. The van der Waals surface area contributed by atoms with Crippen molar-refractivity contribution in [2.75, 3.05) is 32.7 Å². The van der Waals surface area contributed by atoms with Crippen molar-refractivity contribution in [2.24, 2.45) is 0 Å². The summed E-state index contributed by atoms with van der Waals surface area (Å²) >= 11 is 0. The number of nitrogens with zero attached hydrogens (tertiary/aromatic N) is 2. The van der Waals surface area contributed by atoms with Gasteiger partial charge in [0.05, 0.1) is 23.5 Å². The van der Waals surface area contributed by atoms with Gasteiger partial charge in [0.2, 0.25) is 21.8 Å². The molecule has 2 atom stereocenters. The van der Waals surface area contributed by atoms with E-state index in [1.807, 2.05) is 6.92 Å². The topological polar surface area (TPSA) is 98.8 Å². The van der Waals surface area contributed by atoms with E-state index in [-0.39, 0.29) is 42.3 Å². The molecule has 3 aliphatic rings. The molecule has 2 aromatic carbocycles. The lowest BCUT2D eigenvalue weighted by Crippen LogP contribution is -2.57. The average molecular weight is 565 g/mol. The molecule has 214 valence electrons. The van der Waals surface area contributed by atoms with Gasteiger partial charge in [-0.05, 0) is 86.5 Å². The Balaban J connectivity index is 1.26. The average Bonchev–Trinajstić information content (AvgIpc) is 2.94. The fourth-order valence-corrected chi connectivity index (χ4v) is 7.67. The van der Waals surface area contributed by atoms with Gasteiger partial charge in [-0.15, -0.1) is 0 Å². The molecule has 2 aromatic rings. The number of fused-ring (bicyclic) bond motifs is 1. The lowest BCUT2D eigenvalue weighted by Gasteiger charge is -2.35. The summed E-state index contributed by atoms with van der Waals surface area (Å²) in [5, 5.41) is 5.89. The van der Waals surface area contributed by atoms with Crippen LogP contribution in [0.5, 0.6) is 0 Å². The summed E-state index contributed by atoms with van der Waals surface area (Å²) in [6, 6.07) is 12.2. The van der Waals surface area contributed by atoms with Crippen LogP contribution in [0.4, 0.5) is 0 Å². The maximum atomic E-state index is 13.4. The summed E-state index contributed by atoms with van der Waals surface area (Å²) in [4.78, 5) is 28.0. The summed E-state index contributed by atoms with van der Waals surface area (Å²) in [7, 11) is -3.93. The van der Waals surface area contributed by atoms with Gasteiger partial charge in [0, 0.05) is 19.5 Å². The molecular formula is C31H40N4O4S. The first-order valence-electron chi connectivity index (χ1n) is 14.4.